The number of imidazole rings is 1. The van der Waals surface area contributed by atoms with E-state index in [2.05, 4.69) is 4.98 Å². The number of rotatable bonds is 3. The molecule has 108 valence electrons. The Balaban J connectivity index is 2.40. The summed E-state index contributed by atoms with van der Waals surface area (Å²) < 4.78 is 7.46. The van der Waals surface area contributed by atoms with Crippen molar-refractivity contribution < 1.29 is 4.74 Å². The molecule has 0 N–H and O–H groups in total. The number of benzene rings is 2. The highest BCUT2D eigenvalue weighted by Gasteiger charge is 2.19. The Morgan fingerprint density at radius 3 is 2.62 bits per heavy atom. The first-order valence-electron chi connectivity index (χ1n) is 6.57. The van der Waals surface area contributed by atoms with E-state index in [0.29, 0.717) is 5.02 Å². The Kier molecular flexibility index (Phi) is 3.79. The van der Waals surface area contributed by atoms with Gasteiger partial charge in [0, 0.05) is 0 Å². The molecule has 0 saturated heterocycles. The SMILES string of the molecule is COc1ccccc1-n1c(C(C)Cl)nc2c(Cl)cccc21. The maximum atomic E-state index is 6.31. The van der Waals surface area contributed by atoms with Crippen molar-refractivity contribution in [2.45, 2.75) is 12.3 Å². The van der Waals surface area contributed by atoms with Gasteiger partial charge in [-0.25, -0.2) is 4.98 Å². The zero-order valence-electron chi connectivity index (χ0n) is 11.7. The number of hydrogen-bond donors (Lipinski definition) is 0. The summed E-state index contributed by atoms with van der Waals surface area (Å²) in [5, 5.41) is 0.359. The van der Waals surface area contributed by atoms with Gasteiger partial charge in [-0.3, -0.25) is 4.57 Å². The van der Waals surface area contributed by atoms with E-state index < -0.39 is 0 Å². The third kappa shape index (κ3) is 2.37. The van der Waals surface area contributed by atoms with Crippen molar-refractivity contribution in [3.63, 3.8) is 0 Å². The predicted molar refractivity (Wildman–Crippen MR) is 86.9 cm³/mol. The minimum absolute atomic E-state index is 0.252. The van der Waals surface area contributed by atoms with Crippen molar-refractivity contribution in [2.24, 2.45) is 0 Å². The van der Waals surface area contributed by atoms with Crippen LogP contribution in [0.3, 0.4) is 0 Å². The second kappa shape index (κ2) is 5.58. The van der Waals surface area contributed by atoms with E-state index in [-0.39, 0.29) is 5.38 Å². The van der Waals surface area contributed by atoms with Crippen molar-refractivity contribution >= 4 is 34.2 Å². The Morgan fingerprint density at radius 1 is 1.14 bits per heavy atom. The van der Waals surface area contributed by atoms with Gasteiger partial charge in [-0.2, -0.15) is 0 Å². The lowest BCUT2D eigenvalue weighted by atomic mass is 10.2. The zero-order chi connectivity index (χ0) is 15.0. The third-order valence-electron chi connectivity index (χ3n) is 3.34. The largest absolute Gasteiger partial charge is 0.495 e. The molecule has 3 rings (SSSR count). The Morgan fingerprint density at radius 2 is 1.90 bits per heavy atom. The number of halogens is 2. The van der Waals surface area contributed by atoms with E-state index in [4.69, 9.17) is 27.9 Å². The van der Waals surface area contributed by atoms with Crippen LogP contribution >= 0.6 is 23.2 Å². The predicted octanol–water partition coefficient (Wildman–Crippen LogP) is 4.99. The molecule has 2 aromatic carbocycles. The van der Waals surface area contributed by atoms with Gasteiger partial charge >= 0.3 is 0 Å². The molecule has 0 fully saturated rings. The fourth-order valence-electron chi connectivity index (χ4n) is 2.42. The van der Waals surface area contributed by atoms with Gasteiger partial charge in [0.1, 0.15) is 17.1 Å². The van der Waals surface area contributed by atoms with Crippen LogP contribution in [0.5, 0.6) is 5.75 Å². The van der Waals surface area contributed by atoms with Crippen LogP contribution < -0.4 is 4.74 Å². The first-order valence-corrected chi connectivity index (χ1v) is 7.39. The van der Waals surface area contributed by atoms with Crippen molar-refractivity contribution in [2.75, 3.05) is 7.11 Å². The summed E-state index contributed by atoms with van der Waals surface area (Å²) in [7, 11) is 1.65. The summed E-state index contributed by atoms with van der Waals surface area (Å²) in [6.07, 6.45) is 0. The van der Waals surface area contributed by atoms with E-state index in [1.165, 1.54) is 0 Å². The summed E-state index contributed by atoms with van der Waals surface area (Å²) in [5.74, 6) is 1.50. The van der Waals surface area contributed by atoms with Crippen LogP contribution in [-0.4, -0.2) is 16.7 Å². The number of methoxy groups -OCH3 is 1. The first-order chi connectivity index (χ1) is 10.1. The fourth-order valence-corrected chi connectivity index (χ4v) is 2.78. The number of fused-ring (bicyclic) bond motifs is 1. The fraction of sp³-hybridized carbons (Fsp3) is 0.188. The molecule has 0 spiro atoms. The lowest BCUT2D eigenvalue weighted by Crippen LogP contribution is -2.03. The van der Waals surface area contributed by atoms with Gasteiger partial charge in [0.15, 0.2) is 0 Å². The van der Waals surface area contributed by atoms with E-state index in [0.717, 1.165) is 28.3 Å². The van der Waals surface area contributed by atoms with Crippen molar-refractivity contribution in [1.82, 2.24) is 9.55 Å². The van der Waals surface area contributed by atoms with Crippen LogP contribution in [0, 0.1) is 0 Å². The van der Waals surface area contributed by atoms with Crippen LogP contribution in [-0.2, 0) is 0 Å². The average molecular weight is 321 g/mol. The monoisotopic (exact) mass is 320 g/mol. The van der Waals surface area contributed by atoms with Gasteiger partial charge < -0.3 is 4.74 Å². The van der Waals surface area contributed by atoms with Gasteiger partial charge in [0.05, 0.1) is 28.7 Å². The smallest absolute Gasteiger partial charge is 0.142 e. The molecular formula is C16H14Cl2N2O. The minimum atomic E-state index is -0.252. The van der Waals surface area contributed by atoms with Crippen LogP contribution in [0.1, 0.15) is 18.1 Å². The summed E-state index contributed by atoms with van der Waals surface area (Å²) in [6.45, 7) is 1.89. The Bertz CT molecular complexity index is 796. The number of aromatic nitrogens is 2. The molecule has 0 bridgehead atoms. The third-order valence-corrected chi connectivity index (χ3v) is 3.84. The van der Waals surface area contributed by atoms with E-state index in [1.54, 1.807) is 7.11 Å². The summed E-state index contributed by atoms with van der Waals surface area (Å²) in [5.41, 5.74) is 2.55. The highest BCUT2D eigenvalue weighted by molar-refractivity contribution is 6.35. The second-order valence-electron chi connectivity index (χ2n) is 4.70. The summed E-state index contributed by atoms with van der Waals surface area (Å²) >= 11 is 12.6. The Labute approximate surface area is 133 Å². The van der Waals surface area contributed by atoms with Crippen molar-refractivity contribution in [3.8, 4) is 11.4 Å². The summed E-state index contributed by atoms with van der Waals surface area (Å²) in [4.78, 5) is 4.61. The van der Waals surface area contributed by atoms with Crippen LogP contribution in [0.15, 0.2) is 42.5 Å². The molecule has 0 aliphatic rings. The zero-order valence-corrected chi connectivity index (χ0v) is 13.2. The average Bonchev–Trinajstić information content (AvgIpc) is 2.88. The van der Waals surface area contributed by atoms with E-state index in [9.17, 15) is 0 Å². The molecule has 1 atom stereocenters. The maximum absolute atomic E-state index is 6.31. The molecule has 3 aromatic rings. The lowest BCUT2D eigenvalue weighted by molar-refractivity contribution is 0.413. The van der Waals surface area contributed by atoms with E-state index in [1.807, 2.05) is 54.0 Å². The molecule has 1 heterocycles. The topological polar surface area (TPSA) is 27.1 Å². The quantitative estimate of drug-likeness (QED) is 0.636. The lowest BCUT2D eigenvalue weighted by Gasteiger charge is -2.14. The first kappa shape index (κ1) is 14.2. The Hall–Kier alpha value is -1.71. The van der Waals surface area contributed by atoms with Crippen LogP contribution in [0.25, 0.3) is 16.7 Å². The number of nitrogens with zero attached hydrogens (tertiary/aromatic N) is 2. The second-order valence-corrected chi connectivity index (χ2v) is 5.76. The molecule has 0 aliphatic carbocycles. The van der Waals surface area contributed by atoms with Crippen molar-refractivity contribution in [3.05, 3.63) is 53.3 Å². The van der Waals surface area contributed by atoms with Crippen LogP contribution in [0.4, 0.5) is 0 Å². The number of alkyl halides is 1. The molecule has 0 saturated carbocycles. The van der Waals surface area contributed by atoms with Crippen molar-refractivity contribution in [1.29, 1.82) is 0 Å². The van der Waals surface area contributed by atoms with Gasteiger partial charge in [0.25, 0.3) is 0 Å². The molecule has 1 aromatic heterocycles. The highest BCUT2D eigenvalue weighted by Crippen LogP contribution is 2.34. The number of ether oxygens (including phenoxy) is 1. The summed E-state index contributed by atoms with van der Waals surface area (Å²) in [6, 6.07) is 13.5. The molecule has 0 radical (unpaired) electrons. The van der Waals surface area contributed by atoms with Crippen LogP contribution in [0.2, 0.25) is 5.02 Å². The van der Waals surface area contributed by atoms with Gasteiger partial charge in [0.2, 0.25) is 0 Å². The standard InChI is InChI=1S/C16H14Cl2N2O/c1-10(17)16-19-15-11(18)6-5-8-13(15)20(16)12-7-3-4-9-14(12)21-2/h3-10H,1-2H3. The molecule has 5 heteroatoms. The molecule has 0 aliphatic heterocycles. The molecular weight excluding hydrogens is 307 g/mol. The van der Waals surface area contributed by atoms with Gasteiger partial charge in [-0.1, -0.05) is 29.8 Å². The maximum Gasteiger partial charge on any atom is 0.142 e. The molecule has 3 nitrogen and oxygen atoms in total. The number of para-hydroxylation sites is 3. The van der Waals surface area contributed by atoms with Gasteiger partial charge in [-0.15, -0.1) is 11.6 Å². The van der Waals surface area contributed by atoms with E-state index >= 15 is 0 Å². The normalized spacial score (nSPS) is 12.6. The minimum Gasteiger partial charge on any atom is -0.495 e. The van der Waals surface area contributed by atoms with Gasteiger partial charge in [-0.05, 0) is 31.2 Å². The molecule has 21 heavy (non-hydrogen) atoms. The highest BCUT2D eigenvalue weighted by atomic mass is 35.5. The number of hydrogen-bond acceptors (Lipinski definition) is 2. The molecule has 0 amide bonds. The molecule has 1 unspecified atom stereocenters.